The molecule has 3 aromatic carbocycles. The lowest BCUT2D eigenvalue weighted by Gasteiger charge is -2.35. The summed E-state index contributed by atoms with van der Waals surface area (Å²) in [6.07, 6.45) is -0.514. The third kappa shape index (κ3) is 4.26. The second-order valence-corrected chi connectivity index (χ2v) is 10.3. The Bertz CT molecular complexity index is 1440. The van der Waals surface area contributed by atoms with Crippen LogP contribution in [0.25, 0.3) is 0 Å². The highest BCUT2D eigenvalue weighted by Gasteiger charge is 2.40. The molecule has 5 rings (SSSR count). The maximum Gasteiger partial charge on any atom is 0.265 e. The summed E-state index contributed by atoms with van der Waals surface area (Å²) in [7, 11) is -4.33. The number of carbonyl (C=O) groups excluding carboxylic acids is 2. The predicted octanol–water partition coefficient (Wildman–Crippen LogP) is 3.30. The van der Waals surface area contributed by atoms with Gasteiger partial charge in [-0.2, -0.15) is 4.31 Å². The van der Waals surface area contributed by atoms with Crippen molar-refractivity contribution in [1.29, 1.82) is 0 Å². The maximum atomic E-state index is 14.5. The van der Waals surface area contributed by atoms with Gasteiger partial charge in [-0.15, -0.1) is 0 Å². The van der Waals surface area contributed by atoms with Crippen LogP contribution in [0.1, 0.15) is 18.1 Å². The van der Waals surface area contributed by atoms with E-state index in [1.807, 2.05) is 12.1 Å². The normalized spacial score (nSPS) is 19.7. The van der Waals surface area contributed by atoms with Gasteiger partial charge in [0.25, 0.3) is 5.91 Å². The Kier molecular flexibility index (Phi) is 5.78. The van der Waals surface area contributed by atoms with Gasteiger partial charge < -0.3 is 15.4 Å². The van der Waals surface area contributed by atoms with Crippen LogP contribution in [0.2, 0.25) is 0 Å². The molecule has 0 fully saturated rings. The van der Waals surface area contributed by atoms with E-state index < -0.39 is 38.8 Å². The monoisotopic (exact) mass is 495 g/mol. The number of hydrogen-bond acceptors (Lipinski definition) is 5. The highest BCUT2D eigenvalue weighted by atomic mass is 32.2. The Morgan fingerprint density at radius 3 is 2.57 bits per heavy atom. The lowest BCUT2D eigenvalue weighted by molar-refractivity contribution is -0.122. The third-order valence-corrected chi connectivity index (χ3v) is 8.00. The third-order valence-electron chi connectivity index (χ3n) is 6.11. The second kappa shape index (κ2) is 8.79. The van der Waals surface area contributed by atoms with Crippen molar-refractivity contribution in [2.24, 2.45) is 0 Å². The molecule has 180 valence electrons. The fraction of sp³-hybridized carbons (Fsp3) is 0.200. The number of carbonyl (C=O) groups is 2. The van der Waals surface area contributed by atoms with E-state index in [2.05, 4.69) is 10.6 Å². The summed E-state index contributed by atoms with van der Waals surface area (Å²) in [5.41, 5.74) is 2.34. The van der Waals surface area contributed by atoms with Crippen molar-refractivity contribution in [1.82, 2.24) is 4.31 Å². The molecule has 0 bridgehead atoms. The maximum absolute atomic E-state index is 14.5. The summed E-state index contributed by atoms with van der Waals surface area (Å²) < 4.78 is 48.0. The van der Waals surface area contributed by atoms with E-state index >= 15 is 0 Å². The first-order valence-electron chi connectivity index (χ1n) is 11.0. The van der Waals surface area contributed by atoms with Crippen molar-refractivity contribution in [2.45, 2.75) is 36.9 Å². The first-order chi connectivity index (χ1) is 16.7. The number of benzene rings is 3. The second-order valence-electron chi connectivity index (χ2n) is 8.42. The molecule has 2 N–H and O–H groups in total. The molecular weight excluding hydrogens is 473 g/mol. The van der Waals surface area contributed by atoms with E-state index in [1.54, 1.807) is 37.3 Å². The van der Waals surface area contributed by atoms with Crippen molar-refractivity contribution in [2.75, 3.05) is 10.6 Å². The van der Waals surface area contributed by atoms with E-state index in [0.717, 1.165) is 21.5 Å². The van der Waals surface area contributed by atoms with E-state index in [1.165, 1.54) is 18.2 Å². The predicted molar refractivity (Wildman–Crippen MR) is 127 cm³/mol. The first-order valence-corrected chi connectivity index (χ1v) is 12.4. The SMILES string of the molecule is CC1Oc2ccc(NC(=O)C3Cc4ccccc4CN3S(=O)(=O)c3ccccc3F)cc2NC1=O. The Morgan fingerprint density at radius 1 is 1.09 bits per heavy atom. The van der Waals surface area contributed by atoms with Crippen LogP contribution in [-0.4, -0.2) is 36.7 Å². The largest absolute Gasteiger partial charge is 0.479 e. The molecule has 0 saturated carbocycles. The number of nitrogens with one attached hydrogen (secondary N) is 2. The van der Waals surface area contributed by atoms with Crippen molar-refractivity contribution in [3.63, 3.8) is 0 Å². The summed E-state index contributed by atoms with van der Waals surface area (Å²) in [6, 6.07) is 16.0. The van der Waals surface area contributed by atoms with Crippen LogP contribution in [0.3, 0.4) is 0 Å². The van der Waals surface area contributed by atoms with Crippen LogP contribution in [0.4, 0.5) is 15.8 Å². The summed E-state index contributed by atoms with van der Waals surface area (Å²) in [5, 5.41) is 5.45. The highest BCUT2D eigenvalue weighted by Crippen LogP contribution is 2.34. The zero-order chi connectivity index (χ0) is 24.7. The Morgan fingerprint density at radius 2 is 1.80 bits per heavy atom. The number of rotatable bonds is 4. The molecule has 2 unspecified atom stereocenters. The van der Waals surface area contributed by atoms with Gasteiger partial charge in [0.05, 0.1) is 5.69 Å². The van der Waals surface area contributed by atoms with E-state index in [4.69, 9.17) is 4.74 Å². The summed E-state index contributed by atoms with van der Waals surface area (Å²) in [5.74, 6) is -1.31. The molecule has 35 heavy (non-hydrogen) atoms. The van der Waals surface area contributed by atoms with Crippen molar-refractivity contribution >= 4 is 33.2 Å². The molecule has 8 nitrogen and oxygen atoms in total. The minimum Gasteiger partial charge on any atom is -0.479 e. The number of halogens is 1. The molecule has 0 aliphatic carbocycles. The topological polar surface area (TPSA) is 105 Å². The molecule has 10 heteroatoms. The Labute approximate surface area is 201 Å². The molecule has 0 radical (unpaired) electrons. The van der Waals surface area contributed by atoms with Crippen LogP contribution in [0.15, 0.2) is 71.6 Å². The quantitative estimate of drug-likeness (QED) is 0.578. The van der Waals surface area contributed by atoms with Gasteiger partial charge in [-0.25, -0.2) is 12.8 Å². The van der Waals surface area contributed by atoms with Crippen LogP contribution in [0, 0.1) is 5.82 Å². The number of ether oxygens (including phenoxy) is 1. The molecular formula is C25H22FN3O5S. The van der Waals surface area contributed by atoms with Gasteiger partial charge in [-0.1, -0.05) is 36.4 Å². The molecule has 2 aliphatic heterocycles. The van der Waals surface area contributed by atoms with Crippen molar-refractivity contribution < 1.29 is 27.1 Å². The summed E-state index contributed by atoms with van der Waals surface area (Å²) in [4.78, 5) is 24.9. The average molecular weight is 496 g/mol. The number of amides is 2. The Balaban J connectivity index is 1.48. The van der Waals surface area contributed by atoms with Crippen LogP contribution in [-0.2, 0) is 32.6 Å². The van der Waals surface area contributed by atoms with Gasteiger partial charge in [0, 0.05) is 12.2 Å². The van der Waals surface area contributed by atoms with E-state index in [-0.39, 0.29) is 18.9 Å². The molecule has 0 aromatic heterocycles. The average Bonchev–Trinajstić information content (AvgIpc) is 2.84. The number of anilines is 2. The standard InChI is InChI=1S/C25H22FN3O5S/c1-15-24(30)28-20-13-18(10-11-22(20)34-15)27-25(31)21-12-16-6-2-3-7-17(16)14-29(21)35(32,33)23-9-5-4-8-19(23)26/h2-11,13,15,21H,12,14H2,1H3,(H,27,31)(H,28,30). The van der Waals surface area contributed by atoms with Gasteiger partial charge in [0.15, 0.2) is 6.10 Å². The number of fused-ring (bicyclic) bond motifs is 2. The van der Waals surface area contributed by atoms with E-state index in [0.29, 0.717) is 17.1 Å². The van der Waals surface area contributed by atoms with Gasteiger partial charge in [-0.05, 0) is 54.8 Å². The summed E-state index contributed by atoms with van der Waals surface area (Å²) in [6.45, 7) is 1.55. The molecule has 2 heterocycles. The van der Waals surface area contributed by atoms with Gasteiger partial charge >= 0.3 is 0 Å². The fourth-order valence-electron chi connectivity index (χ4n) is 4.27. The van der Waals surface area contributed by atoms with Gasteiger partial charge in [0.1, 0.15) is 22.5 Å². The fourth-order valence-corrected chi connectivity index (χ4v) is 5.90. The van der Waals surface area contributed by atoms with Crippen molar-refractivity contribution in [3.8, 4) is 5.75 Å². The zero-order valence-electron chi connectivity index (χ0n) is 18.7. The lowest BCUT2D eigenvalue weighted by Crippen LogP contribution is -2.50. The minimum absolute atomic E-state index is 0.0725. The van der Waals surface area contributed by atoms with Crippen LogP contribution >= 0.6 is 0 Å². The molecule has 0 spiro atoms. The highest BCUT2D eigenvalue weighted by molar-refractivity contribution is 7.89. The van der Waals surface area contributed by atoms with Gasteiger partial charge in [0.2, 0.25) is 15.9 Å². The molecule has 3 aromatic rings. The number of sulfonamides is 1. The first kappa shape index (κ1) is 23.0. The molecule has 2 aliphatic rings. The Hall–Kier alpha value is -3.76. The smallest absolute Gasteiger partial charge is 0.265 e. The van der Waals surface area contributed by atoms with E-state index in [9.17, 15) is 22.4 Å². The molecule has 2 amide bonds. The number of hydrogen-bond donors (Lipinski definition) is 2. The van der Waals surface area contributed by atoms with Gasteiger partial charge in [-0.3, -0.25) is 9.59 Å². The van der Waals surface area contributed by atoms with Crippen molar-refractivity contribution in [3.05, 3.63) is 83.7 Å². The minimum atomic E-state index is -4.33. The van der Waals surface area contributed by atoms with Crippen LogP contribution in [0.5, 0.6) is 5.75 Å². The lowest BCUT2D eigenvalue weighted by atomic mass is 9.95. The zero-order valence-corrected chi connectivity index (χ0v) is 19.5. The molecule has 2 atom stereocenters. The summed E-state index contributed by atoms with van der Waals surface area (Å²) >= 11 is 0. The molecule has 0 saturated heterocycles. The van der Waals surface area contributed by atoms with Crippen LogP contribution < -0.4 is 15.4 Å². The number of nitrogens with zero attached hydrogens (tertiary/aromatic N) is 1.